The number of sulfone groups is 1. The molecule has 1 unspecified atom stereocenters. The van der Waals surface area contributed by atoms with Crippen molar-refractivity contribution in [2.75, 3.05) is 18.6 Å². The highest BCUT2D eigenvalue weighted by atomic mass is 32.2. The van der Waals surface area contributed by atoms with E-state index in [1.807, 2.05) is 0 Å². The third kappa shape index (κ3) is 2.87. The Balaban J connectivity index is 1.80. The summed E-state index contributed by atoms with van der Waals surface area (Å²) in [5.41, 5.74) is 1.11. The normalized spacial score (nSPS) is 20.0. The summed E-state index contributed by atoms with van der Waals surface area (Å²) in [6.45, 7) is 0. The second-order valence-electron chi connectivity index (χ2n) is 5.13. The zero-order chi connectivity index (χ0) is 15.7. The van der Waals surface area contributed by atoms with Gasteiger partial charge in [0.25, 0.3) is 0 Å². The number of esters is 1. The minimum absolute atomic E-state index is 0.0515. The third-order valence-corrected chi connectivity index (χ3v) is 5.36. The van der Waals surface area contributed by atoms with Crippen LogP contribution in [0.25, 0.3) is 11.4 Å². The van der Waals surface area contributed by atoms with E-state index in [1.54, 1.807) is 24.3 Å². The molecule has 1 fully saturated rings. The van der Waals surface area contributed by atoms with E-state index in [2.05, 4.69) is 14.9 Å². The predicted octanol–water partition coefficient (Wildman–Crippen LogP) is 1.43. The van der Waals surface area contributed by atoms with Gasteiger partial charge in [-0.05, 0) is 18.6 Å². The van der Waals surface area contributed by atoms with Crippen molar-refractivity contribution in [2.24, 2.45) is 0 Å². The Morgan fingerprint density at radius 2 is 2.05 bits per heavy atom. The molecule has 0 N–H and O–H groups in total. The molecule has 1 aliphatic rings. The van der Waals surface area contributed by atoms with Crippen molar-refractivity contribution < 1.29 is 22.5 Å². The molecule has 22 heavy (non-hydrogen) atoms. The van der Waals surface area contributed by atoms with Crippen LogP contribution in [0.1, 0.15) is 28.6 Å². The topological polar surface area (TPSA) is 99.4 Å². The first-order valence-electron chi connectivity index (χ1n) is 6.71. The van der Waals surface area contributed by atoms with Crippen molar-refractivity contribution in [1.29, 1.82) is 0 Å². The molecule has 0 amide bonds. The fraction of sp³-hybridized carbons (Fsp3) is 0.357. The Kier molecular flexibility index (Phi) is 3.69. The van der Waals surface area contributed by atoms with Crippen LogP contribution < -0.4 is 0 Å². The Hall–Kier alpha value is -2.22. The van der Waals surface area contributed by atoms with Crippen LogP contribution in [-0.2, 0) is 14.6 Å². The SMILES string of the molecule is COC(=O)c1ccc(-c2noc(C3CCS(=O)(=O)C3)n2)cc1. The molecule has 0 saturated carbocycles. The summed E-state index contributed by atoms with van der Waals surface area (Å²) in [6.07, 6.45) is 0.505. The molecule has 0 aliphatic carbocycles. The Labute approximate surface area is 127 Å². The minimum atomic E-state index is -3.00. The maximum absolute atomic E-state index is 11.5. The van der Waals surface area contributed by atoms with Gasteiger partial charge in [0.05, 0.1) is 30.1 Å². The van der Waals surface area contributed by atoms with Gasteiger partial charge in [-0.15, -0.1) is 0 Å². The number of nitrogens with zero attached hydrogens (tertiary/aromatic N) is 2. The van der Waals surface area contributed by atoms with E-state index in [-0.39, 0.29) is 17.4 Å². The van der Waals surface area contributed by atoms with E-state index in [0.29, 0.717) is 29.3 Å². The van der Waals surface area contributed by atoms with Gasteiger partial charge >= 0.3 is 5.97 Å². The van der Waals surface area contributed by atoms with E-state index in [9.17, 15) is 13.2 Å². The van der Waals surface area contributed by atoms with Crippen molar-refractivity contribution in [1.82, 2.24) is 10.1 Å². The minimum Gasteiger partial charge on any atom is -0.465 e. The first kappa shape index (κ1) is 14.7. The number of carbonyl (C=O) groups is 1. The van der Waals surface area contributed by atoms with E-state index < -0.39 is 15.8 Å². The summed E-state index contributed by atoms with van der Waals surface area (Å²) in [7, 11) is -1.68. The summed E-state index contributed by atoms with van der Waals surface area (Å²) in [5, 5.41) is 3.88. The number of ether oxygens (including phenoxy) is 1. The first-order chi connectivity index (χ1) is 10.5. The van der Waals surface area contributed by atoms with Crippen LogP contribution in [0, 0.1) is 0 Å². The van der Waals surface area contributed by atoms with Gasteiger partial charge in [0.2, 0.25) is 11.7 Å². The zero-order valence-corrected chi connectivity index (χ0v) is 12.7. The van der Waals surface area contributed by atoms with Gasteiger partial charge < -0.3 is 9.26 Å². The third-order valence-electron chi connectivity index (χ3n) is 3.59. The van der Waals surface area contributed by atoms with Gasteiger partial charge in [0, 0.05) is 5.56 Å². The quantitative estimate of drug-likeness (QED) is 0.788. The maximum atomic E-state index is 11.5. The van der Waals surface area contributed by atoms with Gasteiger partial charge in [-0.1, -0.05) is 17.3 Å². The molecular formula is C14H14N2O5S. The second-order valence-corrected chi connectivity index (χ2v) is 7.35. The van der Waals surface area contributed by atoms with Gasteiger partial charge in [0.1, 0.15) is 0 Å². The highest BCUT2D eigenvalue weighted by Crippen LogP contribution is 2.29. The molecule has 7 nitrogen and oxygen atoms in total. The van der Waals surface area contributed by atoms with Gasteiger partial charge in [0.15, 0.2) is 9.84 Å². The van der Waals surface area contributed by atoms with Crippen molar-refractivity contribution in [3.63, 3.8) is 0 Å². The predicted molar refractivity (Wildman–Crippen MR) is 77.1 cm³/mol. The van der Waals surface area contributed by atoms with Crippen molar-refractivity contribution >= 4 is 15.8 Å². The van der Waals surface area contributed by atoms with Gasteiger partial charge in [-0.2, -0.15) is 4.98 Å². The van der Waals surface area contributed by atoms with Crippen LogP contribution in [0.2, 0.25) is 0 Å². The van der Waals surface area contributed by atoms with E-state index in [1.165, 1.54) is 7.11 Å². The Morgan fingerprint density at radius 1 is 1.32 bits per heavy atom. The molecule has 1 atom stereocenters. The largest absolute Gasteiger partial charge is 0.465 e. The van der Waals surface area contributed by atoms with Crippen LogP contribution in [0.4, 0.5) is 0 Å². The summed E-state index contributed by atoms with van der Waals surface area (Å²) in [6, 6.07) is 6.59. The zero-order valence-electron chi connectivity index (χ0n) is 11.9. The van der Waals surface area contributed by atoms with E-state index >= 15 is 0 Å². The van der Waals surface area contributed by atoms with Gasteiger partial charge in [-0.3, -0.25) is 0 Å². The standard InChI is InChI=1S/C14H14N2O5S/c1-20-14(17)10-4-2-9(3-5-10)12-15-13(21-16-12)11-6-7-22(18,19)8-11/h2-5,11H,6-8H2,1H3. The van der Waals surface area contributed by atoms with Crippen LogP contribution in [-0.4, -0.2) is 43.1 Å². The molecule has 2 aromatic rings. The second kappa shape index (κ2) is 5.53. The smallest absolute Gasteiger partial charge is 0.337 e. The average molecular weight is 322 g/mol. The van der Waals surface area contributed by atoms with E-state index in [4.69, 9.17) is 4.52 Å². The van der Waals surface area contributed by atoms with Crippen LogP contribution >= 0.6 is 0 Å². The van der Waals surface area contributed by atoms with Gasteiger partial charge in [-0.25, -0.2) is 13.2 Å². The fourth-order valence-corrected chi connectivity index (χ4v) is 4.11. The van der Waals surface area contributed by atoms with E-state index in [0.717, 1.165) is 0 Å². The Morgan fingerprint density at radius 3 is 2.64 bits per heavy atom. The lowest BCUT2D eigenvalue weighted by Crippen LogP contribution is -2.04. The lowest BCUT2D eigenvalue weighted by Gasteiger charge is -2.00. The summed E-state index contributed by atoms with van der Waals surface area (Å²) < 4.78 is 32.8. The molecule has 1 aliphatic heterocycles. The van der Waals surface area contributed by atoms with Crippen molar-refractivity contribution in [3.05, 3.63) is 35.7 Å². The number of carbonyl (C=O) groups excluding carboxylic acids is 1. The average Bonchev–Trinajstić information content (AvgIpc) is 3.13. The number of hydrogen-bond acceptors (Lipinski definition) is 7. The lowest BCUT2D eigenvalue weighted by molar-refractivity contribution is 0.0600. The summed E-state index contributed by atoms with van der Waals surface area (Å²) in [5.74, 6) is 0.264. The van der Waals surface area contributed by atoms with Crippen molar-refractivity contribution in [2.45, 2.75) is 12.3 Å². The number of aromatic nitrogens is 2. The van der Waals surface area contributed by atoms with Crippen molar-refractivity contribution in [3.8, 4) is 11.4 Å². The number of benzene rings is 1. The number of hydrogen-bond donors (Lipinski definition) is 0. The first-order valence-corrected chi connectivity index (χ1v) is 8.53. The highest BCUT2D eigenvalue weighted by Gasteiger charge is 2.33. The molecule has 0 radical (unpaired) electrons. The molecule has 1 aromatic heterocycles. The molecule has 116 valence electrons. The molecule has 8 heteroatoms. The molecule has 1 saturated heterocycles. The molecule has 2 heterocycles. The molecule has 1 aromatic carbocycles. The summed E-state index contributed by atoms with van der Waals surface area (Å²) >= 11 is 0. The lowest BCUT2D eigenvalue weighted by atomic mass is 10.1. The van der Waals surface area contributed by atoms with Crippen LogP contribution in [0.15, 0.2) is 28.8 Å². The monoisotopic (exact) mass is 322 g/mol. The summed E-state index contributed by atoms with van der Waals surface area (Å²) in [4.78, 5) is 15.6. The molecule has 3 rings (SSSR count). The highest BCUT2D eigenvalue weighted by molar-refractivity contribution is 7.91. The van der Waals surface area contributed by atoms with Crippen LogP contribution in [0.3, 0.4) is 0 Å². The maximum Gasteiger partial charge on any atom is 0.337 e. The Bertz CT molecular complexity index is 795. The molecule has 0 spiro atoms. The fourth-order valence-electron chi connectivity index (χ4n) is 2.38. The number of methoxy groups -OCH3 is 1. The molecule has 0 bridgehead atoms. The van der Waals surface area contributed by atoms with Crippen LogP contribution in [0.5, 0.6) is 0 Å². The number of rotatable bonds is 3. The molecular weight excluding hydrogens is 308 g/mol.